The summed E-state index contributed by atoms with van der Waals surface area (Å²) in [6.07, 6.45) is 24.3. The minimum absolute atomic E-state index is 0.122. The minimum Gasteiger partial charge on any atom is -0.393 e. The third kappa shape index (κ3) is 6.54. The lowest BCUT2D eigenvalue weighted by Gasteiger charge is -2.51. The molecule has 33 heavy (non-hydrogen) atoms. The predicted octanol–water partition coefficient (Wildman–Crippen LogP) is 8.52. The van der Waals surface area contributed by atoms with E-state index >= 15 is 0 Å². The van der Waals surface area contributed by atoms with Crippen LogP contribution in [0.2, 0.25) is 0 Å². The van der Waals surface area contributed by atoms with Gasteiger partial charge in [-0.05, 0) is 114 Å². The summed E-state index contributed by atoms with van der Waals surface area (Å²) in [7, 11) is 0. The van der Waals surface area contributed by atoms with Crippen molar-refractivity contribution in [3.8, 4) is 0 Å². The lowest BCUT2D eigenvalue weighted by atomic mass is 9.54. The van der Waals surface area contributed by atoms with E-state index in [9.17, 15) is 10.2 Å². The molecule has 0 heterocycles. The molecule has 2 nitrogen and oxygen atoms in total. The topological polar surface area (TPSA) is 40.5 Å². The zero-order valence-corrected chi connectivity index (χ0v) is 22.6. The number of hydrogen-bond donors (Lipinski definition) is 2. The predicted molar refractivity (Wildman–Crippen MR) is 141 cm³/mol. The Morgan fingerprint density at radius 3 is 2.39 bits per heavy atom. The molecule has 3 aliphatic carbocycles. The van der Waals surface area contributed by atoms with Gasteiger partial charge in [-0.25, -0.2) is 0 Å². The van der Waals surface area contributed by atoms with Gasteiger partial charge in [-0.1, -0.05) is 69.8 Å². The summed E-state index contributed by atoms with van der Waals surface area (Å²) in [5, 5.41) is 20.4. The molecular formula is C31H54O2. The molecule has 0 aromatic rings. The molecule has 0 spiro atoms. The van der Waals surface area contributed by atoms with Crippen molar-refractivity contribution in [2.75, 3.05) is 0 Å². The summed E-state index contributed by atoms with van der Waals surface area (Å²) in [5.74, 6) is 1.55. The van der Waals surface area contributed by atoms with E-state index in [4.69, 9.17) is 0 Å². The molecule has 0 saturated heterocycles. The summed E-state index contributed by atoms with van der Waals surface area (Å²) < 4.78 is 0. The van der Waals surface area contributed by atoms with E-state index in [1.54, 1.807) is 5.57 Å². The number of hydrogen-bond acceptors (Lipinski definition) is 2. The van der Waals surface area contributed by atoms with Gasteiger partial charge in [-0.2, -0.15) is 0 Å². The molecule has 5 atom stereocenters. The van der Waals surface area contributed by atoms with Crippen molar-refractivity contribution in [3.63, 3.8) is 0 Å². The van der Waals surface area contributed by atoms with Crippen LogP contribution in [0.5, 0.6) is 0 Å². The van der Waals surface area contributed by atoms with Crippen molar-refractivity contribution in [3.05, 3.63) is 23.3 Å². The quantitative estimate of drug-likeness (QED) is 0.344. The first-order valence-corrected chi connectivity index (χ1v) is 14.4. The molecule has 0 aliphatic heterocycles. The zero-order chi connectivity index (χ0) is 24.1. The summed E-state index contributed by atoms with van der Waals surface area (Å²) in [6, 6.07) is 0. The van der Waals surface area contributed by atoms with Gasteiger partial charge >= 0.3 is 0 Å². The fourth-order valence-electron chi connectivity index (χ4n) is 8.17. The summed E-state index contributed by atoms with van der Waals surface area (Å²) in [6.45, 7) is 11.4. The first-order chi connectivity index (χ1) is 15.6. The van der Waals surface area contributed by atoms with E-state index in [1.165, 1.54) is 76.2 Å². The molecule has 2 N–H and O–H groups in total. The van der Waals surface area contributed by atoms with Crippen molar-refractivity contribution in [2.45, 2.75) is 149 Å². The van der Waals surface area contributed by atoms with E-state index in [2.05, 4.69) is 32.9 Å². The molecule has 0 aromatic heterocycles. The zero-order valence-electron chi connectivity index (χ0n) is 22.6. The van der Waals surface area contributed by atoms with E-state index in [0.29, 0.717) is 10.8 Å². The third-order valence-electron chi connectivity index (χ3n) is 9.97. The van der Waals surface area contributed by atoms with Crippen LogP contribution in [-0.4, -0.2) is 21.9 Å². The number of unbranched alkanes of at least 4 members (excludes halogenated alkanes) is 1. The van der Waals surface area contributed by atoms with Crippen molar-refractivity contribution < 1.29 is 10.2 Å². The van der Waals surface area contributed by atoms with Gasteiger partial charge in [0.25, 0.3) is 0 Å². The van der Waals surface area contributed by atoms with Crippen LogP contribution in [0.15, 0.2) is 23.3 Å². The molecule has 2 heteroatoms. The monoisotopic (exact) mass is 458 g/mol. The van der Waals surface area contributed by atoms with Gasteiger partial charge < -0.3 is 10.2 Å². The van der Waals surface area contributed by atoms with Crippen LogP contribution in [0, 0.1) is 22.7 Å². The van der Waals surface area contributed by atoms with Crippen LogP contribution in [-0.2, 0) is 0 Å². The molecule has 3 aliphatic rings. The molecule has 3 rings (SSSR count). The first-order valence-electron chi connectivity index (χ1n) is 14.4. The standard InChI is InChI=1S/C31H54O2/c1-6-8-21-31(7-2,22-11-19-29(3,4)33)28-18-17-27-25(13-10-20-30(27,28)5)16-15-24-12-9-14-26(32)23-24/h15-16,26-28,32-33H,6-14,17-23H2,1-5H3/b24-15-,25-16+/t26-,27?,28-,30-,31?/m0/s1. The summed E-state index contributed by atoms with van der Waals surface area (Å²) in [4.78, 5) is 0. The maximum atomic E-state index is 10.4. The molecule has 2 unspecified atom stereocenters. The van der Waals surface area contributed by atoms with Gasteiger partial charge in [0.1, 0.15) is 0 Å². The fraction of sp³-hybridized carbons (Fsp3) is 0.871. The Kier molecular flexibility index (Phi) is 9.35. The normalized spacial score (nSPS) is 35.1. The lowest BCUT2D eigenvalue weighted by Crippen LogP contribution is -2.42. The molecule has 190 valence electrons. The van der Waals surface area contributed by atoms with Crippen molar-refractivity contribution in [1.82, 2.24) is 0 Å². The first kappa shape index (κ1) is 27.0. The highest BCUT2D eigenvalue weighted by Gasteiger charge is 2.55. The van der Waals surface area contributed by atoms with Gasteiger partial charge in [-0.15, -0.1) is 0 Å². The maximum Gasteiger partial charge on any atom is 0.0591 e. The summed E-state index contributed by atoms with van der Waals surface area (Å²) in [5.41, 5.74) is 3.47. The molecular weight excluding hydrogens is 404 g/mol. The highest BCUT2D eigenvalue weighted by Crippen LogP contribution is 2.64. The van der Waals surface area contributed by atoms with Gasteiger partial charge in [0.15, 0.2) is 0 Å². The van der Waals surface area contributed by atoms with Crippen LogP contribution in [0.3, 0.4) is 0 Å². The maximum absolute atomic E-state index is 10.4. The van der Waals surface area contributed by atoms with E-state index in [0.717, 1.165) is 43.9 Å². The second-order valence-corrected chi connectivity index (χ2v) is 12.8. The van der Waals surface area contributed by atoms with Gasteiger partial charge in [0.05, 0.1) is 11.7 Å². The molecule has 0 amide bonds. The van der Waals surface area contributed by atoms with Crippen LogP contribution in [0.25, 0.3) is 0 Å². The lowest BCUT2D eigenvalue weighted by molar-refractivity contribution is -0.00249. The Hall–Kier alpha value is -0.600. The number of aliphatic hydroxyl groups excluding tert-OH is 1. The minimum atomic E-state index is -0.548. The molecule has 0 bridgehead atoms. The van der Waals surface area contributed by atoms with Gasteiger partial charge in [0.2, 0.25) is 0 Å². The Bertz CT molecular complexity index is 684. The highest BCUT2D eigenvalue weighted by atomic mass is 16.3. The van der Waals surface area contributed by atoms with E-state index < -0.39 is 5.60 Å². The Labute approximate surface area is 205 Å². The smallest absolute Gasteiger partial charge is 0.0591 e. The number of aliphatic hydroxyl groups is 2. The van der Waals surface area contributed by atoms with Crippen LogP contribution in [0.1, 0.15) is 137 Å². The van der Waals surface area contributed by atoms with Crippen molar-refractivity contribution >= 4 is 0 Å². The van der Waals surface area contributed by atoms with Gasteiger partial charge in [-0.3, -0.25) is 0 Å². The van der Waals surface area contributed by atoms with Crippen LogP contribution < -0.4 is 0 Å². The van der Waals surface area contributed by atoms with E-state index in [1.807, 2.05) is 13.8 Å². The average Bonchev–Trinajstić information content (AvgIpc) is 3.12. The Balaban J connectivity index is 1.82. The van der Waals surface area contributed by atoms with Crippen molar-refractivity contribution in [2.24, 2.45) is 22.7 Å². The molecule has 0 radical (unpaired) electrons. The molecule has 0 aromatic carbocycles. The fourth-order valence-corrected chi connectivity index (χ4v) is 8.17. The molecule has 3 fully saturated rings. The largest absolute Gasteiger partial charge is 0.393 e. The second kappa shape index (κ2) is 11.4. The second-order valence-electron chi connectivity index (χ2n) is 12.8. The van der Waals surface area contributed by atoms with Crippen molar-refractivity contribution in [1.29, 1.82) is 0 Å². The Morgan fingerprint density at radius 1 is 0.970 bits per heavy atom. The van der Waals surface area contributed by atoms with Crippen LogP contribution >= 0.6 is 0 Å². The number of rotatable bonds is 10. The van der Waals surface area contributed by atoms with E-state index in [-0.39, 0.29) is 6.10 Å². The molecule has 3 saturated carbocycles. The highest BCUT2D eigenvalue weighted by molar-refractivity contribution is 5.26. The number of fused-ring (bicyclic) bond motifs is 1. The number of allylic oxidation sites excluding steroid dienone is 3. The third-order valence-corrected chi connectivity index (χ3v) is 9.97. The SMILES string of the molecule is CCCCC(CC)(CCCC(C)(C)O)[C@H]1CCC2/C(=C/C=C3/CCC[C@H](O)C3)CCC[C@@]21C. The van der Waals surface area contributed by atoms with Crippen LogP contribution in [0.4, 0.5) is 0 Å². The summed E-state index contributed by atoms with van der Waals surface area (Å²) >= 11 is 0. The van der Waals surface area contributed by atoms with Gasteiger partial charge in [0, 0.05) is 0 Å². The Morgan fingerprint density at radius 2 is 1.73 bits per heavy atom. The average molecular weight is 459 g/mol.